The number of likely N-dealkylation sites (tertiary alicyclic amines) is 1. The Hall–Kier alpha value is -2.60. The summed E-state index contributed by atoms with van der Waals surface area (Å²) in [5, 5.41) is 9.05. The van der Waals surface area contributed by atoms with Crippen LogP contribution in [0.15, 0.2) is 48.8 Å². The maximum absolute atomic E-state index is 11.0. The number of hydrogen-bond donors (Lipinski definition) is 1. The number of aromatic nitrogens is 1. The summed E-state index contributed by atoms with van der Waals surface area (Å²) in [7, 11) is 0. The number of rotatable bonds is 7. The van der Waals surface area contributed by atoms with Crippen LogP contribution in [0, 0.1) is 0 Å². The molecular weight excluding hydrogens is 332 g/mol. The van der Waals surface area contributed by atoms with Gasteiger partial charge in [-0.15, -0.1) is 0 Å². The van der Waals surface area contributed by atoms with Crippen molar-refractivity contribution in [2.45, 2.75) is 38.5 Å². The molecule has 1 aromatic carbocycles. The van der Waals surface area contributed by atoms with Crippen LogP contribution in [0.25, 0.3) is 0 Å². The van der Waals surface area contributed by atoms with Crippen LogP contribution in [-0.2, 0) is 11.3 Å². The zero-order chi connectivity index (χ0) is 18.4. The molecule has 0 aliphatic carbocycles. The predicted octanol–water partition coefficient (Wildman–Crippen LogP) is 2.98. The number of carboxylic acids is 1. The topological polar surface area (TPSA) is 71.9 Å². The molecule has 1 saturated heterocycles. The van der Waals surface area contributed by atoms with Crippen LogP contribution in [0.4, 0.5) is 0 Å². The Morgan fingerprint density at radius 2 is 2.04 bits per heavy atom. The molecule has 2 aromatic rings. The zero-order valence-corrected chi connectivity index (χ0v) is 14.9. The molecule has 0 saturated carbocycles. The van der Waals surface area contributed by atoms with Crippen molar-refractivity contribution >= 4 is 5.97 Å². The molecule has 1 fully saturated rings. The molecule has 138 valence electrons. The number of para-hydroxylation sites is 1. The second kappa shape index (κ2) is 8.67. The molecule has 1 aliphatic heterocycles. The third-order valence-corrected chi connectivity index (χ3v) is 4.49. The molecule has 1 aromatic heterocycles. The number of aliphatic carboxylic acids is 1. The van der Waals surface area contributed by atoms with Gasteiger partial charge in [-0.05, 0) is 38.0 Å². The van der Waals surface area contributed by atoms with Gasteiger partial charge in [-0.25, -0.2) is 4.79 Å². The standard InChI is InChI=1S/C20H24N2O4/c1-15(20(23)24)25-19-7-3-2-5-16(19)14-22-11-8-17(9-12-22)26-18-6-4-10-21-13-18/h2-7,10,13,15,17H,8-9,11-12,14H2,1H3,(H,23,24)/t15-/m1/s1. The maximum Gasteiger partial charge on any atom is 0.344 e. The molecule has 0 spiro atoms. The second-order valence-electron chi connectivity index (χ2n) is 6.49. The highest BCUT2D eigenvalue weighted by molar-refractivity contribution is 5.72. The zero-order valence-electron chi connectivity index (χ0n) is 14.9. The van der Waals surface area contributed by atoms with Crippen LogP contribution in [0.5, 0.6) is 11.5 Å². The monoisotopic (exact) mass is 356 g/mol. The van der Waals surface area contributed by atoms with Gasteiger partial charge in [0.15, 0.2) is 6.10 Å². The molecule has 0 amide bonds. The summed E-state index contributed by atoms with van der Waals surface area (Å²) in [6.07, 6.45) is 4.71. The lowest BCUT2D eigenvalue weighted by molar-refractivity contribution is -0.144. The fraction of sp³-hybridized carbons (Fsp3) is 0.400. The number of piperidine rings is 1. The first-order chi connectivity index (χ1) is 12.6. The number of hydrogen-bond acceptors (Lipinski definition) is 5. The number of pyridine rings is 1. The molecule has 1 aliphatic rings. The van der Waals surface area contributed by atoms with Crippen LogP contribution in [-0.4, -0.2) is 46.3 Å². The summed E-state index contributed by atoms with van der Waals surface area (Å²) in [5.74, 6) is 0.483. The fourth-order valence-electron chi connectivity index (χ4n) is 3.03. The smallest absolute Gasteiger partial charge is 0.344 e. The highest BCUT2D eigenvalue weighted by Gasteiger charge is 2.22. The number of benzene rings is 1. The quantitative estimate of drug-likeness (QED) is 0.822. The van der Waals surface area contributed by atoms with E-state index in [1.165, 1.54) is 0 Å². The molecule has 6 heteroatoms. The summed E-state index contributed by atoms with van der Waals surface area (Å²) in [6, 6.07) is 11.4. The van der Waals surface area contributed by atoms with Crippen LogP contribution in [0.1, 0.15) is 25.3 Å². The number of ether oxygens (including phenoxy) is 2. The van der Waals surface area contributed by atoms with Gasteiger partial charge in [0.1, 0.15) is 17.6 Å². The van der Waals surface area contributed by atoms with E-state index in [-0.39, 0.29) is 6.10 Å². The largest absolute Gasteiger partial charge is 0.489 e. The van der Waals surface area contributed by atoms with Crippen molar-refractivity contribution in [2.75, 3.05) is 13.1 Å². The van der Waals surface area contributed by atoms with E-state index in [9.17, 15) is 4.79 Å². The Morgan fingerprint density at radius 3 is 2.73 bits per heavy atom. The van der Waals surface area contributed by atoms with Crippen molar-refractivity contribution in [3.05, 3.63) is 54.4 Å². The molecule has 1 atom stereocenters. The first-order valence-electron chi connectivity index (χ1n) is 8.88. The van der Waals surface area contributed by atoms with Crippen molar-refractivity contribution in [1.29, 1.82) is 0 Å². The summed E-state index contributed by atoms with van der Waals surface area (Å²) >= 11 is 0. The lowest BCUT2D eigenvalue weighted by Crippen LogP contribution is -2.38. The summed E-state index contributed by atoms with van der Waals surface area (Å²) in [6.45, 7) is 4.13. The number of carboxylic acid groups (broad SMARTS) is 1. The van der Waals surface area contributed by atoms with Crippen LogP contribution < -0.4 is 9.47 Å². The molecule has 1 N–H and O–H groups in total. The van der Waals surface area contributed by atoms with Crippen LogP contribution >= 0.6 is 0 Å². The van der Waals surface area contributed by atoms with Crippen LogP contribution in [0.2, 0.25) is 0 Å². The van der Waals surface area contributed by atoms with E-state index in [1.807, 2.05) is 36.4 Å². The molecule has 6 nitrogen and oxygen atoms in total. The molecular formula is C20H24N2O4. The van der Waals surface area contributed by atoms with Crippen LogP contribution in [0.3, 0.4) is 0 Å². The molecule has 3 rings (SSSR count). The Balaban J connectivity index is 1.54. The average Bonchev–Trinajstić information content (AvgIpc) is 2.65. The molecule has 2 heterocycles. The molecule has 0 unspecified atom stereocenters. The highest BCUT2D eigenvalue weighted by Crippen LogP contribution is 2.24. The minimum absolute atomic E-state index is 0.203. The maximum atomic E-state index is 11.0. The van der Waals surface area contributed by atoms with Gasteiger partial charge in [0.05, 0.1) is 6.20 Å². The molecule has 0 radical (unpaired) electrons. The van der Waals surface area contributed by atoms with E-state index in [0.717, 1.165) is 43.8 Å². The van der Waals surface area contributed by atoms with Crippen molar-refractivity contribution in [1.82, 2.24) is 9.88 Å². The average molecular weight is 356 g/mol. The van der Waals surface area contributed by atoms with Crippen molar-refractivity contribution in [2.24, 2.45) is 0 Å². The van der Waals surface area contributed by atoms with Gasteiger partial charge < -0.3 is 14.6 Å². The van der Waals surface area contributed by atoms with Gasteiger partial charge >= 0.3 is 5.97 Å². The van der Waals surface area contributed by atoms with Gasteiger partial charge in [0.25, 0.3) is 0 Å². The Kier molecular flexibility index (Phi) is 6.07. The molecule has 0 bridgehead atoms. The third kappa shape index (κ3) is 4.95. The van der Waals surface area contributed by atoms with Crippen molar-refractivity contribution in [3.63, 3.8) is 0 Å². The van der Waals surface area contributed by atoms with Crippen molar-refractivity contribution < 1.29 is 19.4 Å². The number of carbonyl (C=O) groups is 1. The van der Waals surface area contributed by atoms with E-state index in [1.54, 1.807) is 19.3 Å². The Labute approximate surface area is 153 Å². The van der Waals surface area contributed by atoms with E-state index in [0.29, 0.717) is 5.75 Å². The van der Waals surface area contributed by atoms with Gasteiger partial charge in [-0.3, -0.25) is 9.88 Å². The van der Waals surface area contributed by atoms with E-state index in [2.05, 4.69) is 9.88 Å². The lowest BCUT2D eigenvalue weighted by Gasteiger charge is -2.32. The van der Waals surface area contributed by atoms with E-state index < -0.39 is 12.1 Å². The first-order valence-corrected chi connectivity index (χ1v) is 8.88. The second-order valence-corrected chi connectivity index (χ2v) is 6.49. The van der Waals surface area contributed by atoms with Gasteiger partial charge in [-0.1, -0.05) is 18.2 Å². The third-order valence-electron chi connectivity index (χ3n) is 4.49. The van der Waals surface area contributed by atoms with Crippen molar-refractivity contribution in [3.8, 4) is 11.5 Å². The highest BCUT2D eigenvalue weighted by atomic mass is 16.5. The van der Waals surface area contributed by atoms with Gasteiger partial charge in [-0.2, -0.15) is 0 Å². The molecule has 26 heavy (non-hydrogen) atoms. The fourth-order valence-corrected chi connectivity index (χ4v) is 3.03. The van der Waals surface area contributed by atoms with E-state index in [4.69, 9.17) is 14.6 Å². The van der Waals surface area contributed by atoms with E-state index >= 15 is 0 Å². The Morgan fingerprint density at radius 1 is 1.27 bits per heavy atom. The Bertz CT molecular complexity index is 715. The minimum atomic E-state index is -0.965. The first kappa shape index (κ1) is 18.2. The minimum Gasteiger partial charge on any atom is -0.489 e. The number of nitrogens with zero attached hydrogens (tertiary/aromatic N) is 2. The predicted molar refractivity (Wildman–Crippen MR) is 97.3 cm³/mol. The normalized spacial score (nSPS) is 16.8. The van der Waals surface area contributed by atoms with Gasteiger partial charge in [0.2, 0.25) is 0 Å². The SMILES string of the molecule is C[C@@H](Oc1ccccc1CN1CCC(Oc2cccnc2)CC1)C(=O)O. The summed E-state index contributed by atoms with van der Waals surface area (Å²) in [4.78, 5) is 17.5. The summed E-state index contributed by atoms with van der Waals surface area (Å²) in [5.41, 5.74) is 1.01. The van der Waals surface area contributed by atoms with Gasteiger partial charge in [0, 0.05) is 31.4 Å². The lowest BCUT2D eigenvalue weighted by atomic mass is 10.1. The summed E-state index contributed by atoms with van der Waals surface area (Å²) < 4.78 is 11.6.